The summed E-state index contributed by atoms with van der Waals surface area (Å²) >= 11 is 0. The van der Waals surface area contributed by atoms with Crippen LogP contribution < -0.4 is 5.32 Å². The minimum absolute atomic E-state index is 0.0768. The first-order chi connectivity index (χ1) is 9.31. The van der Waals surface area contributed by atoms with E-state index in [1.807, 2.05) is 27.7 Å². The summed E-state index contributed by atoms with van der Waals surface area (Å²) < 4.78 is 23.8. The molecule has 0 aromatic rings. The van der Waals surface area contributed by atoms with Gasteiger partial charge in [-0.2, -0.15) is 0 Å². The Morgan fingerprint density at radius 1 is 1.00 bits per heavy atom. The van der Waals surface area contributed by atoms with E-state index in [9.17, 15) is 5.11 Å². The molecule has 0 aromatic heterocycles. The second-order valence-electron chi connectivity index (χ2n) is 6.73. The number of rotatable bonds is 2. The summed E-state index contributed by atoms with van der Waals surface area (Å²) in [4.78, 5) is 0. The van der Waals surface area contributed by atoms with Gasteiger partial charge in [-0.3, -0.25) is 0 Å². The van der Waals surface area contributed by atoms with Gasteiger partial charge in [-0.05, 0) is 40.7 Å². The summed E-state index contributed by atoms with van der Waals surface area (Å²) in [6, 6.07) is 0.0829. The molecule has 116 valence electrons. The molecule has 3 aliphatic heterocycles. The lowest BCUT2D eigenvalue weighted by Gasteiger charge is -2.45. The Morgan fingerprint density at radius 2 is 1.65 bits per heavy atom. The van der Waals surface area contributed by atoms with Crippen LogP contribution in [-0.2, 0) is 18.9 Å². The molecule has 0 saturated carbocycles. The molecule has 3 aliphatic rings. The van der Waals surface area contributed by atoms with Crippen molar-refractivity contribution >= 4 is 0 Å². The zero-order valence-corrected chi connectivity index (χ0v) is 12.6. The van der Waals surface area contributed by atoms with Crippen molar-refractivity contribution in [2.24, 2.45) is 0 Å². The van der Waals surface area contributed by atoms with E-state index in [1.165, 1.54) is 0 Å². The van der Waals surface area contributed by atoms with Crippen LogP contribution in [0.4, 0.5) is 0 Å². The molecule has 5 atom stereocenters. The summed E-state index contributed by atoms with van der Waals surface area (Å²) in [5.74, 6) is -1.34. The largest absolute Gasteiger partial charge is 0.394 e. The van der Waals surface area contributed by atoms with E-state index in [0.29, 0.717) is 0 Å². The zero-order chi connectivity index (χ0) is 14.5. The van der Waals surface area contributed by atoms with Gasteiger partial charge in [-0.15, -0.1) is 0 Å². The minimum Gasteiger partial charge on any atom is -0.394 e. The van der Waals surface area contributed by atoms with Crippen molar-refractivity contribution in [3.8, 4) is 0 Å². The molecule has 20 heavy (non-hydrogen) atoms. The van der Waals surface area contributed by atoms with Crippen LogP contribution in [0.25, 0.3) is 0 Å². The monoisotopic (exact) mass is 287 g/mol. The fraction of sp³-hybridized carbons (Fsp3) is 1.00. The third kappa shape index (κ3) is 2.61. The lowest BCUT2D eigenvalue weighted by atomic mass is 9.96. The molecule has 0 unspecified atom stereocenters. The van der Waals surface area contributed by atoms with Gasteiger partial charge in [-0.1, -0.05) is 0 Å². The van der Waals surface area contributed by atoms with Gasteiger partial charge in [0.15, 0.2) is 11.6 Å². The van der Waals surface area contributed by atoms with Gasteiger partial charge in [0.25, 0.3) is 0 Å². The standard InChI is InChI=1S/C14H25NO5/c1-13(2)17-8-5-6-15-10(8)12(20-13)11-9(7-16)18-14(3,4)19-11/h8-12,15-16H,5-7H2,1-4H3/t8-,9-,10+,11+,12-/m0/s1. The quantitative estimate of drug-likeness (QED) is 0.765. The van der Waals surface area contributed by atoms with Crippen LogP contribution in [0.2, 0.25) is 0 Å². The molecule has 3 saturated heterocycles. The lowest BCUT2D eigenvalue weighted by Crippen LogP contribution is -2.61. The highest BCUT2D eigenvalue weighted by molar-refractivity contribution is 5.02. The van der Waals surface area contributed by atoms with E-state index in [0.717, 1.165) is 13.0 Å². The number of aliphatic hydroxyl groups excluding tert-OH is 1. The molecule has 3 heterocycles. The Kier molecular flexibility index (Phi) is 3.60. The predicted molar refractivity (Wildman–Crippen MR) is 71.1 cm³/mol. The highest BCUT2D eigenvalue weighted by Gasteiger charge is 2.54. The van der Waals surface area contributed by atoms with Crippen molar-refractivity contribution < 1.29 is 24.1 Å². The van der Waals surface area contributed by atoms with E-state index in [-0.39, 0.29) is 37.1 Å². The SMILES string of the molecule is CC1(C)O[C@H]([C@@H]2OC(C)(C)O[C@H]2CO)[C@@H]2NCC[C@@H]2O1. The summed E-state index contributed by atoms with van der Waals surface area (Å²) in [5.41, 5.74) is 0. The molecule has 6 heteroatoms. The number of nitrogens with one attached hydrogen (secondary N) is 1. The average Bonchev–Trinajstić information content (AvgIpc) is 2.90. The molecular formula is C14H25NO5. The van der Waals surface area contributed by atoms with Crippen LogP contribution in [0.3, 0.4) is 0 Å². The van der Waals surface area contributed by atoms with E-state index >= 15 is 0 Å². The molecule has 2 N–H and O–H groups in total. The van der Waals surface area contributed by atoms with E-state index in [4.69, 9.17) is 18.9 Å². The second kappa shape index (κ2) is 4.90. The Bertz CT molecular complexity index is 373. The molecule has 0 aliphatic carbocycles. The van der Waals surface area contributed by atoms with Gasteiger partial charge in [0.05, 0.1) is 18.8 Å². The minimum atomic E-state index is -0.696. The van der Waals surface area contributed by atoms with Gasteiger partial charge in [0.1, 0.15) is 18.3 Å². The maximum atomic E-state index is 9.56. The number of hydrogen-bond donors (Lipinski definition) is 2. The normalized spacial score (nSPS) is 46.4. The average molecular weight is 287 g/mol. The third-order valence-corrected chi connectivity index (χ3v) is 4.14. The first-order valence-electron chi connectivity index (χ1n) is 7.37. The third-order valence-electron chi connectivity index (χ3n) is 4.14. The highest BCUT2D eigenvalue weighted by atomic mass is 16.8. The van der Waals surface area contributed by atoms with Gasteiger partial charge < -0.3 is 29.4 Å². The predicted octanol–water partition coefficient (Wildman–Crippen LogP) is 0.381. The van der Waals surface area contributed by atoms with E-state index < -0.39 is 11.6 Å². The Labute approximate surface area is 119 Å². The number of fused-ring (bicyclic) bond motifs is 1. The smallest absolute Gasteiger partial charge is 0.164 e. The van der Waals surface area contributed by atoms with Gasteiger partial charge in [0.2, 0.25) is 0 Å². The van der Waals surface area contributed by atoms with Crippen LogP contribution in [0, 0.1) is 0 Å². The lowest BCUT2D eigenvalue weighted by molar-refractivity contribution is -0.320. The number of aliphatic hydroxyl groups is 1. The van der Waals surface area contributed by atoms with Crippen molar-refractivity contribution in [2.45, 2.75) is 76.1 Å². The van der Waals surface area contributed by atoms with Crippen molar-refractivity contribution in [3.63, 3.8) is 0 Å². The molecule has 0 bridgehead atoms. The fourth-order valence-corrected chi connectivity index (χ4v) is 3.51. The molecule has 3 fully saturated rings. The van der Waals surface area contributed by atoms with Crippen LogP contribution >= 0.6 is 0 Å². The summed E-state index contributed by atoms with van der Waals surface area (Å²) in [7, 11) is 0. The Balaban J connectivity index is 1.83. The molecule has 3 rings (SSSR count). The van der Waals surface area contributed by atoms with Crippen molar-refractivity contribution in [3.05, 3.63) is 0 Å². The first-order valence-corrected chi connectivity index (χ1v) is 7.37. The molecule has 0 spiro atoms. The van der Waals surface area contributed by atoms with Crippen LogP contribution in [-0.4, -0.2) is 60.3 Å². The highest BCUT2D eigenvalue weighted by Crippen LogP contribution is 2.38. The van der Waals surface area contributed by atoms with Gasteiger partial charge >= 0.3 is 0 Å². The van der Waals surface area contributed by atoms with Gasteiger partial charge in [-0.25, -0.2) is 0 Å². The van der Waals surface area contributed by atoms with Gasteiger partial charge in [0, 0.05) is 0 Å². The topological polar surface area (TPSA) is 69.2 Å². The molecule has 0 amide bonds. The van der Waals surface area contributed by atoms with Crippen LogP contribution in [0.15, 0.2) is 0 Å². The first kappa shape index (κ1) is 14.7. The van der Waals surface area contributed by atoms with Crippen molar-refractivity contribution in [2.75, 3.05) is 13.2 Å². The molecule has 0 aromatic carbocycles. The second-order valence-corrected chi connectivity index (χ2v) is 6.73. The van der Waals surface area contributed by atoms with Crippen molar-refractivity contribution in [1.29, 1.82) is 0 Å². The number of ether oxygens (including phenoxy) is 4. The molecule has 0 radical (unpaired) electrons. The van der Waals surface area contributed by atoms with Crippen LogP contribution in [0.1, 0.15) is 34.1 Å². The Morgan fingerprint density at radius 3 is 2.35 bits per heavy atom. The van der Waals surface area contributed by atoms with Crippen LogP contribution in [0.5, 0.6) is 0 Å². The Hall–Kier alpha value is -0.240. The summed E-state index contributed by atoms with van der Waals surface area (Å²) in [6.45, 7) is 8.39. The molecule has 6 nitrogen and oxygen atoms in total. The summed E-state index contributed by atoms with van der Waals surface area (Å²) in [6.07, 6.45) is 0.234. The maximum absolute atomic E-state index is 9.56. The molecular weight excluding hydrogens is 262 g/mol. The van der Waals surface area contributed by atoms with Crippen molar-refractivity contribution in [1.82, 2.24) is 5.32 Å². The number of hydrogen-bond acceptors (Lipinski definition) is 6. The van der Waals surface area contributed by atoms with E-state index in [1.54, 1.807) is 0 Å². The summed E-state index contributed by atoms with van der Waals surface area (Å²) in [5, 5.41) is 13.0. The zero-order valence-electron chi connectivity index (χ0n) is 12.6. The van der Waals surface area contributed by atoms with E-state index in [2.05, 4.69) is 5.32 Å². The maximum Gasteiger partial charge on any atom is 0.164 e. The fourth-order valence-electron chi connectivity index (χ4n) is 3.51.